The lowest BCUT2D eigenvalue weighted by molar-refractivity contribution is -0.116. The SMILES string of the molecule is CC(C)CCN(CCC(=O)Nc1ccc(F)cc1)S(C)(=O)=O. The summed E-state index contributed by atoms with van der Waals surface area (Å²) in [6, 6.07) is 5.42. The number of benzene rings is 1. The van der Waals surface area contributed by atoms with E-state index < -0.39 is 10.0 Å². The first kappa shape index (κ1) is 18.6. The molecule has 0 aliphatic heterocycles. The van der Waals surface area contributed by atoms with E-state index in [1.54, 1.807) is 0 Å². The van der Waals surface area contributed by atoms with Crippen LogP contribution in [0.4, 0.5) is 10.1 Å². The minimum absolute atomic E-state index is 0.0581. The van der Waals surface area contributed by atoms with Crippen LogP contribution >= 0.6 is 0 Å². The van der Waals surface area contributed by atoms with Crippen molar-refractivity contribution in [3.05, 3.63) is 30.1 Å². The van der Waals surface area contributed by atoms with Gasteiger partial charge in [-0.15, -0.1) is 0 Å². The Bertz CT molecular complexity index is 585. The molecule has 5 nitrogen and oxygen atoms in total. The van der Waals surface area contributed by atoms with Crippen molar-refractivity contribution in [2.24, 2.45) is 5.92 Å². The summed E-state index contributed by atoms with van der Waals surface area (Å²) in [4.78, 5) is 11.8. The molecule has 1 N–H and O–H groups in total. The van der Waals surface area contributed by atoms with Gasteiger partial charge in [0.05, 0.1) is 6.26 Å². The van der Waals surface area contributed by atoms with E-state index in [2.05, 4.69) is 5.32 Å². The normalized spacial score (nSPS) is 11.9. The van der Waals surface area contributed by atoms with Crippen LogP contribution in [0.25, 0.3) is 0 Å². The van der Waals surface area contributed by atoms with Crippen molar-refractivity contribution >= 4 is 21.6 Å². The van der Waals surface area contributed by atoms with Crippen molar-refractivity contribution in [1.29, 1.82) is 0 Å². The van der Waals surface area contributed by atoms with Crippen molar-refractivity contribution in [3.63, 3.8) is 0 Å². The fourth-order valence-corrected chi connectivity index (χ4v) is 2.69. The van der Waals surface area contributed by atoms with Gasteiger partial charge in [-0.2, -0.15) is 0 Å². The molecule has 0 aliphatic rings. The molecule has 1 rings (SSSR count). The largest absolute Gasteiger partial charge is 0.326 e. The number of hydrogen-bond donors (Lipinski definition) is 1. The first-order valence-corrected chi connectivity index (χ1v) is 9.04. The minimum Gasteiger partial charge on any atom is -0.326 e. The standard InChI is InChI=1S/C15H23FN2O3S/c1-12(2)8-10-18(22(3,20)21)11-9-15(19)17-14-6-4-13(16)5-7-14/h4-7,12H,8-11H2,1-3H3,(H,17,19). The maximum Gasteiger partial charge on any atom is 0.225 e. The van der Waals surface area contributed by atoms with Crippen molar-refractivity contribution in [3.8, 4) is 0 Å². The molecule has 0 atom stereocenters. The number of hydrogen-bond acceptors (Lipinski definition) is 3. The van der Waals surface area contributed by atoms with Crippen LogP contribution in [0.1, 0.15) is 26.7 Å². The van der Waals surface area contributed by atoms with E-state index in [1.807, 2.05) is 13.8 Å². The Balaban J connectivity index is 2.53. The Labute approximate surface area is 131 Å². The second-order valence-corrected chi connectivity index (χ2v) is 7.63. The third-order valence-corrected chi connectivity index (χ3v) is 4.44. The van der Waals surface area contributed by atoms with E-state index in [1.165, 1.54) is 28.6 Å². The summed E-state index contributed by atoms with van der Waals surface area (Å²) in [7, 11) is -3.33. The van der Waals surface area contributed by atoms with Gasteiger partial charge in [0.2, 0.25) is 15.9 Å². The second-order valence-electron chi connectivity index (χ2n) is 5.65. The monoisotopic (exact) mass is 330 g/mol. The van der Waals surface area contributed by atoms with E-state index in [0.29, 0.717) is 18.2 Å². The molecule has 22 heavy (non-hydrogen) atoms. The molecule has 1 aromatic rings. The summed E-state index contributed by atoms with van der Waals surface area (Å²) in [6.45, 7) is 4.57. The lowest BCUT2D eigenvalue weighted by Gasteiger charge is -2.20. The molecule has 1 aromatic carbocycles. The van der Waals surface area contributed by atoms with E-state index in [-0.39, 0.29) is 24.7 Å². The quantitative estimate of drug-likeness (QED) is 0.796. The van der Waals surface area contributed by atoms with Gasteiger partial charge in [-0.1, -0.05) is 13.8 Å². The Morgan fingerprint density at radius 2 is 1.82 bits per heavy atom. The molecule has 7 heteroatoms. The van der Waals surface area contributed by atoms with Gasteiger partial charge in [-0.25, -0.2) is 17.1 Å². The van der Waals surface area contributed by atoms with E-state index in [0.717, 1.165) is 12.7 Å². The number of sulfonamides is 1. The summed E-state index contributed by atoms with van der Waals surface area (Å²) < 4.78 is 37.5. The number of carbonyl (C=O) groups is 1. The van der Waals surface area contributed by atoms with Crippen LogP contribution in [-0.4, -0.2) is 38.0 Å². The predicted octanol–water partition coefficient (Wildman–Crippen LogP) is 2.46. The molecule has 0 aliphatic carbocycles. The van der Waals surface area contributed by atoms with Gasteiger partial charge in [0.15, 0.2) is 0 Å². The van der Waals surface area contributed by atoms with Gasteiger partial charge in [0.1, 0.15) is 5.82 Å². The molecule has 0 aromatic heterocycles. The average molecular weight is 330 g/mol. The molecular weight excluding hydrogens is 307 g/mol. The molecule has 0 unspecified atom stereocenters. The van der Waals surface area contributed by atoms with Gasteiger partial charge >= 0.3 is 0 Å². The van der Waals surface area contributed by atoms with Crippen LogP contribution < -0.4 is 5.32 Å². The molecule has 0 spiro atoms. The minimum atomic E-state index is -3.33. The highest BCUT2D eigenvalue weighted by Gasteiger charge is 2.18. The number of anilines is 1. The number of amides is 1. The van der Waals surface area contributed by atoms with Crippen molar-refractivity contribution in [2.75, 3.05) is 24.7 Å². The number of nitrogens with one attached hydrogen (secondary N) is 1. The molecule has 0 saturated heterocycles. The van der Waals surface area contributed by atoms with Gasteiger partial charge in [-0.3, -0.25) is 4.79 Å². The molecule has 0 saturated carbocycles. The highest BCUT2D eigenvalue weighted by molar-refractivity contribution is 7.88. The molecule has 0 heterocycles. The lowest BCUT2D eigenvalue weighted by atomic mass is 10.1. The van der Waals surface area contributed by atoms with Crippen molar-refractivity contribution in [1.82, 2.24) is 4.31 Å². The topological polar surface area (TPSA) is 66.5 Å². The molecule has 0 fully saturated rings. The maximum atomic E-state index is 12.8. The first-order chi connectivity index (χ1) is 10.2. The van der Waals surface area contributed by atoms with E-state index in [4.69, 9.17) is 0 Å². The average Bonchev–Trinajstić information content (AvgIpc) is 2.39. The molecular formula is C15H23FN2O3S. The van der Waals surface area contributed by atoms with Crippen LogP contribution in [0.15, 0.2) is 24.3 Å². The number of carbonyl (C=O) groups excluding carboxylic acids is 1. The number of rotatable bonds is 8. The smallest absolute Gasteiger partial charge is 0.225 e. The Morgan fingerprint density at radius 3 is 2.32 bits per heavy atom. The first-order valence-electron chi connectivity index (χ1n) is 7.19. The zero-order valence-electron chi connectivity index (χ0n) is 13.2. The summed E-state index contributed by atoms with van der Waals surface area (Å²) >= 11 is 0. The fraction of sp³-hybridized carbons (Fsp3) is 0.533. The summed E-state index contributed by atoms with van der Waals surface area (Å²) in [5, 5.41) is 2.61. The Kier molecular flexibility index (Phi) is 6.96. The van der Waals surface area contributed by atoms with E-state index in [9.17, 15) is 17.6 Å². The maximum absolute atomic E-state index is 12.8. The second kappa shape index (κ2) is 8.24. The zero-order chi connectivity index (χ0) is 16.8. The number of nitrogens with zero attached hydrogens (tertiary/aromatic N) is 1. The number of halogens is 1. The van der Waals surface area contributed by atoms with Crippen LogP contribution in [0.2, 0.25) is 0 Å². The van der Waals surface area contributed by atoms with Crippen LogP contribution in [0.3, 0.4) is 0 Å². The van der Waals surface area contributed by atoms with Crippen LogP contribution in [0, 0.1) is 11.7 Å². The Morgan fingerprint density at radius 1 is 1.23 bits per heavy atom. The van der Waals surface area contributed by atoms with Crippen molar-refractivity contribution < 1.29 is 17.6 Å². The summed E-state index contributed by atoms with van der Waals surface area (Å²) in [6.07, 6.45) is 1.94. The van der Waals surface area contributed by atoms with Gasteiger partial charge < -0.3 is 5.32 Å². The fourth-order valence-electron chi connectivity index (χ4n) is 1.83. The molecule has 0 bridgehead atoms. The summed E-state index contributed by atoms with van der Waals surface area (Å²) in [5.41, 5.74) is 0.486. The predicted molar refractivity (Wildman–Crippen MR) is 85.5 cm³/mol. The van der Waals surface area contributed by atoms with Gasteiger partial charge in [0.25, 0.3) is 0 Å². The molecule has 0 radical (unpaired) electrons. The highest BCUT2D eigenvalue weighted by atomic mass is 32.2. The zero-order valence-corrected chi connectivity index (χ0v) is 14.0. The third-order valence-electron chi connectivity index (χ3n) is 3.14. The highest BCUT2D eigenvalue weighted by Crippen LogP contribution is 2.10. The van der Waals surface area contributed by atoms with Crippen LogP contribution in [0.5, 0.6) is 0 Å². The third kappa shape index (κ3) is 7.00. The van der Waals surface area contributed by atoms with Crippen molar-refractivity contribution in [2.45, 2.75) is 26.7 Å². The van der Waals surface area contributed by atoms with Gasteiger partial charge in [0, 0.05) is 25.2 Å². The van der Waals surface area contributed by atoms with Gasteiger partial charge in [-0.05, 0) is 36.6 Å². The lowest BCUT2D eigenvalue weighted by Crippen LogP contribution is -2.34. The molecule has 124 valence electrons. The summed E-state index contributed by atoms with van der Waals surface area (Å²) in [5.74, 6) is -0.294. The van der Waals surface area contributed by atoms with Crippen LogP contribution in [-0.2, 0) is 14.8 Å². The molecule has 1 amide bonds. The van der Waals surface area contributed by atoms with E-state index >= 15 is 0 Å². The Hall–Kier alpha value is -1.47.